The minimum absolute atomic E-state index is 0.218. The van der Waals surface area contributed by atoms with Gasteiger partial charge in [0.2, 0.25) is 10.0 Å². The fraction of sp³-hybridized carbons (Fsp3) is 0.167. The van der Waals surface area contributed by atoms with E-state index in [0.717, 1.165) is 5.39 Å². The van der Waals surface area contributed by atoms with Gasteiger partial charge in [-0.2, -0.15) is 4.72 Å². The van der Waals surface area contributed by atoms with Crippen LogP contribution >= 0.6 is 0 Å². The van der Waals surface area contributed by atoms with E-state index in [0.29, 0.717) is 22.4 Å². The molecule has 0 bridgehead atoms. The number of hydrogen-bond acceptors (Lipinski definition) is 4. The Kier molecular flexibility index (Phi) is 3.74. The Hall–Kier alpha value is -2.84. The SMILES string of the molecule is COc1ccc2c(c1)c(C1NS(=O)(=O)c3ccccc31)cn2CC(=O)O. The molecule has 26 heavy (non-hydrogen) atoms. The van der Waals surface area contributed by atoms with Crippen molar-refractivity contribution in [1.29, 1.82) is 0 Å². The van der Waals surface area contributed by atoms with Crippen LogP contribution < -0.4 is 9.46 Å². The van der Waals surface area contributed by atoms with Crippen LogP contribution in [0.2, 0.25) is 0 Å². The second-order valence-electron chi connectivity index (χ2n) is 6.08. The van der Waals surface area contributed by atoms with E-state index in [2.05, 4.69) is 4.72 Å². The Morgan fingerprint density at radius 1 is 1.23 bits per heavy atom. The van der Waals surface area contributed by atoms with Crippen LogP contribution in [0.15, 0.2) is 53.6 Å². The van der Waals surface area contributed by atoms with Gasteiger partial charge in [-0.05, 0) is 29.8 Å². The number of rotatable bonds is 4. The van der Waals surface area contributed by atoms with Gasteiger partial charge in [0, 0.05) is 22.7 Å². The van der Waals surface area contributed by atoms with Gasteiger partial charge >= 0.3 is 5.97 Å². The summed E-state index contributed by atoms with van der Waals surface area (Å²) in [7, 11) is -2.06. The minimum atomic E-state index is -3.61. The third kappa shape index (κ3) is 2.54. The average Bonchev–Trinajstić information content (AvgIpc) is 3.09. The first-order chi connectivity index (χ1) is 12.4. The van der Waals surface area contributed by atoms with E-state index in [-0.39, 0.29) is 11.4 Å². The zero-order valence-electron chi connectivity index (χ0n) is 13.8. The highest BCUT2D eigenvalue weighted by Crippen LogP contribution is 2.39. The lowest BCUT2D eigenvalue weighted by Crippen LogP contribution is -2.20. The van der Waals surface area contributed by atoms with Crippen LogP contribution in [0.25, 0.3) is 10.9 Å². The minimum Gasteiger partial charge on any atom is -0.497 e. The van der Waals surface area contributed by atoms with Crippen molar-refractivity contribution in [2.45, 2.75) is 17.5 Å². The normalized spacial score (nSPS) is 18.0. The van der Waals surface area contributed by atoms with E-state index >= 15 is 0 Å². The first-order valence-corrected chi connectivity index (χ1v) is 9.39. The number of carbonyl (C=O) groups is 1. The summed E-state index contributed by atoms with van der Waals surface area (Å²) in [4.78, 5) is 11.5. The summed E-state index contributed by atoms with van der Waals surface area (Å²) < 4.78 is 34.4. The van der Waals surface area contributed by atoms with Crippen LogP contribution in [-0.4, -0.2) is 31.2 Å². The summed E-state index contributed by atoms with van der Waals surface area (Å²) in [5.41, 5.74) is 2.03. The molecule has 2 aromatic carbocycles. The van der Waals surface area contributed by atoms with E-state index in [1.807, 2.05) is 0 Å². The number of ether oxygens (including phenoxy) is 1. The number of nitrogens with one attached hydrogen (secondary N) is 1. The molecule has 134 valence electrons. The summed E-state index contributed by atoms with van der Waals surface area (Å²) in [6, 6.07) is 11.5. The maximum absolute atomic E-state index is 12.4. The van der Waals surface area contributed by atoms with Crippen LogP contribution in [0, 0.1) is 0 Å². The summed E-state index contributed by atoms with van der Waals surface area (Å²) in [5, 5.41) is 9.93. The van der Waals surface area contributed by atoms with Crippen molar-refractivity contribution in [2.75, 3.05) is 7.11 Å². The van der Waals surface area contributed by atoms with Gasteiger partial charge < -0.3 is 14.4 Å². The van der Waals surface area contributed by atoms with Crippen molar-refractivity contribution in [1.82, 2.24) is 9.29 Å². The Bertz CT molecular complexity index is 1130. The van der Waals surface area contributed by atoms with E-state index in [4.69, 9.17) is 4.74 Å². The van der Waals surface area contributed by atoms with E-state index in [1.54, 1.807) is 60.3 Å². The van der Waals surface area contributed by atoms with Gasteiger partial charge in [-0.1, -0.05) is 18.2 Å². The first-order valence-electron chi connectivity index (χ1n) is 7.90. The molecule has 1 aliphatic rings. The zero-order chi connectivity index (χ0) is 18.5. The molecule has 0 fully saturated rings. The molecule has 0 aliphatic carbocycles. The third-order valence-electron chi connectivity index (χ3n) is 4.53. The average molecular weight is 372 g/mol. The summed E-state index contributed by atoms with van der Waals surface area (Å²) in [6.45, 7) is -0.218. The summed E-state index contributed by atoms with van der Waals surface area (Å²) >= 11 is 0. The van der Waals surface area contributed by atoms with Crippen molar-refractivity contribution < 1.29 is 23.1 Å². The number of aliphatic carboxylic acids is 1. The van der Waals surface area contributed by atoms with Gasteiger partial charge in [0.25, 0.3) is 0 Å². The maximum Gasteiger partial charge on any atom is 0.323 e. The molecule has 2 heterocycles. The molecule has 8 heteroatoms. The largest absolute Gasteiger partial charge is 0.497 e. The Balaban J connectivity index is 1.96. The molecule has 1 unspecified atom stereocenters. The van der Waals surface area contributed by atoms with Crippen molar-refractivity contribution in [2.24, 2.45) is 0 Å². The number of benzene rings is 2. The van der Waals surface area contributed by atoms with Crippen LogP contribution in [0.5, 0.6) is 5.75 Å². The molecule has 4 rings (SSSR count). The monoisotopic (exact) mass is 372 g/mol. The van der Waals surface area contributed by atoms with Crippen molar-refractivity contribution in [3.63, 3.8) is 0 Å². The quantitative estimate of drug-likeness (QED) is 0.731. The molecule has 0 amide bonds. The molecule has 7 nitrogen and oxygen atoms in total. The first kappa shape index (κ1) is 16.6. The molecule has 1 atom stereocenters. The van der Waals surface area contributed by atoms with Gasteiger partial charge in [0.05, 0.1) is 18.0 Å². The molecule has 1 aromatic heterocycles. The van der Waals surface area contributed by atoms with Gasteiger partial charge in [-0.15, -0.1) is 0 Å². The van der Waals surface area contributed by atoms with Crippen LogP contribution in [0.1, 0.15) is 17.2 Å². The molecule has 3 aromatic rings. The Morgan fingerprint density at radius 2 is 2.00 bits per heavy atom. The predicted molar refractivity (Wildman–Crippen MR) is 94.7 cm³/mol. The smallest absolute Gasteiger partial charge is 0.323 e. The highest BCUT2D eigenvalue weighted by Gasteiger charge is 2.36. The topological polar surface area (TPSA) is 97.6 Å². The highest BCUT2D eigenvalue weighted by molar-refractivity contribution is 7.89. The second kappa shape index (κ2) is 5.86. The molecule has 0 spiro atoms. The van der Waals surface area contributed by atoms with Gasteiger partial charge in [-0.3, -0.25) is 4.79 Å². The van der Waals surface area contributed by atoms with Gasteiger partial charge in [-0.25, -0.2) is 8.42 Å². The number of methoxy groups -OCH3 is 1. The molecule has 0 radical (unpaired) electrons. The molecular formula is C18H16N2O5S. The lowest BCUT2D eigenvalue weighted by Gasteiger charge is -2.10. The summed E-state index contributed by atoms with van der Waals surface area (Å²) in [6.07, 6.45) is 1.69. The number of hydrogen-bond donors (Lipinski definition) is 2. The Labute approximate surface area is 149 Å². The molecular weight excluding hydrogens is 356 g/mol. The summed E-state index contributed by atoms with van der Waals surface area (Å²) in [5.74, 6) is -0.363. The lowest BCUT2D eigenvalue weighted by atomic mass is 9.99. The number of carboxylic acid groups (broad SMARTS) is 1. The zero-order valence-corrected chi connectivity index (χ0v) is 14.7. The fourth-order valence-corrected chi connectivity index (χ4v) is 4.86. The number of sulfonamides is 1. The van der Waals surface area contributed by atoms with E-state index in [1.165, 1.54) is 0 Å². The number of aromatic nitrogens is 1. The number of nitrogens with zero attached hydrogens (tertiary/aromatic N) is 1. The molecule has 0 saturated carbocycles. The van der Waals surface area contributed by atoms with Crippen LogP contribution in [0.4, 0.5) is 0 Å². The third-order valence-corrected chi connectivity index (χ3v) is 6.03. The molecule has 0 saturated heterocycles. The highest BCUT2D eigenvalue weighted by atomic mass is 32.2. The van der Waals surface area contributed by atoms with Crippen molar-refractivity contribution in [3.8, 4) is 5.75 Å². The molecule has 1 aliphatic heterocycles. The van der Waals surface area contributed by atoms with Crippen LogP contribution in [-0.2, 0) is 21.4 Å². The van der Waals surface area contributed by atoms with E-state index in [9.17, 15) is 18.3 Å². The van der Waals surface area contributed by atoms with Crippen molar-refractivity contribution >= 4 is 26.9 Å². The van der Waals surface area contributed by atoms with Gasteiger partial charge in [0.1, 0.15) is 12.3 Å². The predicted octanol–water partition coefficient (Wildman–Crippen LogP) is 2.12. The van der Waals surface area contributed by atoms with Gasteiger partial charge in [0.15, 0.2) is 0 Å². The standard InChI is InChI=1S/C18H16N2O5S/c1-25-11-6-7-15-13(8-11)14(9-20(15)10-17(21)22)18-12-4-2-3-5-16(12)26(23,24)19-18/h2-9,18-19H,10H2,1H3,(H,21,22). The molecule has 2 N–H and O–H groups in total. The lowest BCUT2D eigenvalue weighted by molar-refractivity contribution is -0.137. The number of fused-ring (bicyclic) bond motifs is 2. The maximum atomic E-state index is 12.4. The Morgan fingerprint density at radius 3 is 2.73 bits per heavy atom. The second-order valence-corrected chi connectivity index (χ2v) is 7.76. The van der Waals surface area contributed by atoms with Crippen LogP contribution in [0.3, 0.4) is 0 Å². The van der Waals surface area contributed by atoms with E-state index < -0.39 is 22.0 Å². The fourth-order valence-electron chi connectivity index (χ4n) is 3.41. The number of carboxylic acids is 1. The van der Waals surface area contributed by atoms with Crippen molar-refractivity contribution in [3.05, 3.63) is 59.8 Å².